The van der Waals surface area contributed by atoms with Crippen molar-refractivity contribution in [1.29, 1.82) is 0 Å². The van der Waals surface area contributed by atoms with Gasteiger partial charge in [0.15, 0.2) is 19.5 Å². The van der Waals surface area contributed by atoms with E-state index in [9.17, 15) is 14.7 Å². The van der Waals surface area contributed by atoms with Crippen molar-refractivity contribution in [2.75, 3.05) is 11.9 Å². The van der Waals surface area contributed by atoms with Gasteiger partial charge >= 0.3 is 0 Å². The van der Waals surface area contributed by atoms with Crippen molar-refractivity contribution in [3.8, 4) is 0 Å². The van der Waals surface area contributed by atoms with Crippen LogP contribution in [0.5, 0.6) is 0 Å². The Bertz CT molecular complexity index is 1190. The van der Waals surface area contributed by atoms with Crippen LogP contribution in [-0.4, -0.2) is 64.9 Å². The summed E-state index contributed by atoms with van der Waals surface area (Å²) in [6.45, 7) is 23.5. The molecule has 10 nitrogen and oxygen atoms in total. The van der Waals surface area contributed by atoms with Crippen LogP contribution < -0.4 is 10.9 Å². The molecular weight excluding hydrogens is 494 g/mol. The standard InChI is InChI=1S/C24H43N5O5Si2/c1-15(30)26-21-27-19-18(20(31)28-21)25-14-29(19)17-12-24(32,35(8,9)22(2,3)4)16(34-17)13-33-36(10,11)23(5,6)7/h14,16-17,32H,12-13H2,1-11H3,(H2,26,27,28,30,31)/t16-,17-,24-/m1/s1. The quantitative estimate of drug-likeness (QED) is 0.471. The number of rotatable bonds is 6. The Morgan fingerprint density at radius 1 is 1.25 bits per heavy atom. The first-order valence-corrected chi connectivity index (χ1v) is 18.4. The Hall–Kier alpha value is -1.87. The molecule has 12 heteroatoms. The zero-order valence-corrected chi connectivity index (χ0v) is 25.6. The maximum Gasteiger partial charge on any atom is 0.280 e. The Morgan fingerprint density at radius 2 is 1.86 bits per heavy atom. The first-order chi connectivity index (χ1) is 16.2. The van der Waals surface area contributed by atoms with Crippen LogP contribution in [0.25, 0.3) is 11.2 Å². The molecule has 3 heterocycles. The number of hydrogen-bond donors (Lipinski definition) is 3. The first kappa shape index (κ1) is 28.7. The van der Waals surface area contributed by atoms with Gasteiger partial charge in [0.2, 0.25) is 11.9 Å². The fourth-order valence-electron chi connectivity index (χ4n) is 4.26. The van der Waals surface area contributed by atoms with Crippen molar-refractivity contribution >= 4 is 39.4 Å². The summed E-state index contributed by atoms with van der Waals surface area (Å²) >= 11 is 0. The number of amides is 1. The predicted molar refractivity (Wildman–Crippen MR) is 146 cm³/mol. The summed E-state index contributed by atoms with van der Waals surface area (Å²) in [6.07, 6.45) is 0.691. The van der Waals surface area contributed by atoms with Crippen LogP contribution in [0.1, 0.15) is 61.1 Å². The number of aliphatic hydroxyl groups is 1. The highest BCUT2D eigenvalue weighted by molar-refractivity contribution is 6.83. The molecule has 0 spiro atoms. The smallest absolute Gasteiger partial charge is 0.280 e. The highest BCUT2D eigenvalue weighted by atomic mass is 28.4. The van der Waals surface area contributed by atoms with Gasteiger partial charge in [0.1, 0.15) is 12.3 Å². The van der Waals surface area contributed by atoms with E-state index in [-0.39, 0.29) is 39.7 Å². The summed E-state index contributed by atoms with van der Waals surface area (Å²) in [5, 5.41) is 13.7. The van der Waals surface area contributed by atoms with Gasteiger partial charge in [0.05, 0.1) is 26.2 Å². The number of aromatic nitrogens is 4. The second-order valence-electron chi connectivity index (χ2n) is 13.1. The second kappa shape index (κ2) is 9.15. The van der Waals surface area contributed by atoms with Gasteiger partial charge in [-0.3, -0.25) is 24.5 Å². The molecule has 1 saturated heterocycles. The van der Waals surface area contributed by atoms with Crippen molar-refractivity contribution in [2.24, 2.45) is 0 Å². The van der Waals surface area contributed by atoms with Gasteiger partial charge in [0, 0.05) is 13.3 Å². The monoisotopic (exact) mass is 537 g/mol. The molecule has 1 amide bonds. The summed E-state index contributed by atoms with van der Waals surface area (Å²) in [7, 11) is -4.48. The van der Waals surface area contributed by atoms with Crippen LogP contribution in [0, 0.1) is 0 Å². The minimum Gasteiger partial charge on any atom is -0.414 e. The van der Waals surface area contributed by atoms with Gasteiger partial charge in [-0.05, 0) is 23.2 Å². The Balaban J connectivity index is 2.05. The van der Waals surface area contributed by atoms with Crippen LogP contribution >= 0.6 is 0 Å². The van der Waals surface area contributed by atoms with Crippen LogP contribution in [0.4, 0.5) is 5.95 Å². The third-order valence-corrected chi connectivity index (χ3v) is 19.7. The predicted octanol–water partition coefficient (Wildman–Crippen LogP) is 4.17. The third kappa shape index (κ3) is 4.97. The molecule has 1 fully saturated rings. The molecule has 3 rings (SSSR count). The van der Waals surface area contributed by atoms with Crippen molar-refractivity contribution in [3.05, 3.63) is 16.7 Å². The molecule has 1 aliphatic heterocycles. The first-order valence-electron chi connectivity index (χ1n) is 12.5. The lowest BCUT2D eigenvalue weighted by molar-refractivity contribution is -0.114. The zero-order valence-electron chi connectivity index (χ0n) is 23.6. The molecule has 0 radical (unpaired) electrons. The van der Waals surface area contributed by atoms with E-state index in [1.165, 1.54) is 13.3 Å². The SMILES string of the molecule is CC(=O)Nc1nc2c(ncn2[C@H]2C[C@@](O)([Si](C)(C)C(C)(C)C)[C@@H](CO[Si](C)(C)C(C)(C)C)O2)c(=O)[nH]1. The summed E-state index contributed by atoms with van der Waals surface area (Å²) in [6, 6.07) is 0. The second-order valence-corrected chi connectivity index (χ2v) is 23.5. The van der Waals surface area contributed by atoms with Crippen molar-refractivity contribution in [3.63, 3.8) is 0 Å². The molecule has 0 aromatic carbocycles. The summed E-state index contributed by atoms with van der Waals surface area (Å²) in [4.78, 5) is 35.3. The summed E-state index contributed by atoms with van der Waals surface area (Å²) in [5.74, 6) is -0.312. The summed E-state index contributed by atoms with van der Waals surface area (Å²) in [5.41, 5.74) is -0.0291. The molecule has 1 aliphatic rings. The van der Waals surface area contributed by atoms with Gasteiger partial charge in [0.25, 0.3) is 5.56 Å². The number of carbonyl (C=O) groups is 1. The highest BCUT2D eigenvalue weighted by Crippen LogP contribution is 2.52. The molecule has 36 heavy (non-hydrogen) atoms. The molecule has 0 saturated carbocycles. The van der Waals surface area contributed by atoms with Gasteiger partial charge < -0.3 is 14.3 Å². The highest BCUT2D eigenvalue weighted by Gasteiger charge is 2.62. The van der Waals surface area contributed by atoms with Gasteiger partial charge in [-0.2, -0.15) is 4.98 Å². The van der Waals surface area contributed by atoms with E-state index in [2.05, 4.69) is 88.0 Å². The number of anilines is 1. The lowest BCUT2D eigenvalue weighted by Gasteiger charge is -2.49. The third-order valence-electron chi connectivity index (χ3n) is 8.74. The number of ether oxygens (including phenoxy) is 1. The maximum absolute atomic E-state index is 12.6. The lowest BCUT2D eigenvalue weighted by atomic mass is 10.1. The van der Waals surface area contributed by atoms with Crippen molar-refractivity contribution < 1.29 is 19.1 Å². The van der Waals surface area contributed by atoms with Gasteiger partial charge in [-0.25, -0.2) is 4.98 Å². The van der Waals surface area contributed by atoms with Crippen molar-refractivity contribution in [1.82, 2.24) is 19.5 Å². The van der Waals surface area contributed by atoms with Gasteiger partial charge in [-0.15, -0.1) is 0 Å². The lowest BCUT2D eigenvalue weighted by Crippen LogP contribution is -2.65. The molecular formula is C24H43N5O5Si2. The van der Waals surface area contributed by atoms with E-state index in [0.29, 0.717) is 6.42 Å². The fourth-order valence-corrected chi connectivity index (χ4v) is 8.20. The average Bonchev–Trinajstić information content (AvgIpc) is 3.26. The summed E-state index contributed by atoms with van der Waals surface area (Å²) < 4.78 is 14.8. The number of hydrogen-bond acceptors (Lipinski definition) is 7. The normalized spacial score (nSPS) is 23.9. The molecule has 2 aromatic heterocycles. The van der Waals surface area contributed by atoms with E-state index in [4.69, 9.17) is 9.16 Å². The number of imidazole rings is 1. The Morgan fingerprint density at radius 3 is 2.39 bits per heavy atom. The Kier molecular flexibility index (Phi) is 7.30. The number of fused-ring (bicyclic) bond motifs is 1. The van der Waals surface area contributed by atoms with Crippen LogP contribution in [0.3, 0.4) is 0 Å². The molecule has 3 N–H and O–H groups in total. The number of aromatic amines is 1. The van der Waals surface area contributed by atoms with E-state index < -0.39 is 39.5 Å². The molecule has 202 valence electrons. The number of nitrogens with zero attached hydrogens (tertiary/aromatic N) is 3. The van der Waals surface area contributed by atoms with Crippen LogP contribution in [0.2, 0.25) is 36.3 Å². The average molecular weight is 538 g/mol. The van der Waals surface area contributed by atoms with E-state index in [1.54, 1.807) is 4.57 Å². The maximum atomic E-state index is 12.6. The molecule has 0 bridgehead atoms. The zero-order chi connectivity index (χ0) is 27.5. The molecule has 2 aromatic rings. The largest absolute Gasteiger partial charge is 0.414 e. The van der Waals surface area contributed by atoms with Crippen LogP contribution in [0.15, 0.2) is 11.1 Å². The van der Waals surface area contributed by atoms with Crippen LogP contribution in [-0.2, 0) is 14.0 Å². The van der Waals surface area contributed by atoms with Gasteiger partial charge in [-0.1, -0.05) is 54.6 Å². The molecule has 0 aliphatic carbocycles. The minimum atomic E-state index is -2.38. The van der Waals surface area contributed by atoms with Crippen molar-refractivity contribution in [2.45, 2.75) is 109 Å². The molecule has 0 unspecified atom stereocenters. The number of carbonyl (C=O) groups excluding carboxylic acids is 1. The topological polar surface area (TPSA) is 131 Å². The van der Waals surface area contributed by atoms with E-state index in [1.807, 2.05) is 0 Å². The Labute approximate surface area is 215 Å². The fraction of sp³-hybridized carbons (Fsp3) is 0.750. The number of nitrogens with one attached hydrogen (secondary N) is 2. The molecule has 3 atom stereocenters. The van der Waals surface area contributed by atoms with E-state index >= 15 is 0 Å². The number of H-pyrrole nitrogens is 1. The van der Waals surface area contributed by atoms with E-state index in [0.717, 1.165) is 0 Å². The minimum absolute atomic E-state index is 0.0195.